The average Bonchev–Trinajstić information content (AvgIpc) is 2.31. The molecule has 1 aromatic heterocycles. The third-order valence-electron chi connectivity index (χ3n) is 1.42. The van der Waals surface area contributed by atoms with Crippen LogP contribution >= 0.6 is 0 Å². The second-order valence-corrected chi connectivity index (χ2v) is 3.81. The molecule has 4 heteroatoms. The molecular formula is C8H16N4. The number of nitrogens with one attached hydrogen (secondary N) is 1. The number of hydrogen-bond acceptors (Lipinski definition) is 3. The first kappa shape index (κ1) is 9.03. The van der Waals surface area contributed by atoms with Gasteiger partial charge in [-0.25, -0.2) is 4.68 Å². The Bertz CT molecular complexity index is 246. The van der Waals surface area contributed by atoms with Crippen LogP contribution in [-0.4, -0.2) is 20.5 Å². The van der Waals surface area contributed by atoms with Crippen molar-refractivity contribution in [2.24, 2.45) is 0 Å². The average molecular weight is 168 g/mol. The van der Waals surface area contributed by atoms with Crippen molar-refractivity contribution < 1.29 is 0 Å². The lowest BCUT2D eigenvalue weighted by atomic mass is 10.1. The van der Waals surface area contributed by atoms with Gasteiger partial charge in [-0.2, -0.15) is 0 Å². The van der Waals surface area contributed by atoms with E-state index >= 15 is 0 Å². The molecule has 1 aromatic rings. The Kier molecular flexibility index (Phi) is 2.35. The molecule has 0 spiro atoms. The van der Waals surface area contributed by atoms with Gasteiger partial charge in [0.15, 0.2) is 0 Å². The van der Waals surface area contributed by atoms with E-state index in [9.17, 15) is 0 Å². The van der Waals surface area contributed by atoms with Gasteiger partial charge in [-0.05, 0) is 27.7 Å². The van der Waals surface area contributed by atoms with Crippen molar-refractivity contribution in [3.63, 3.8) is 0 Å². The van der Waals surface area contributed by atoms with Gasteiger partial charge in [-0.1, -0.05) is 5.21 Å². The van der Waals surface area contributed by atoms with Crippen LogP contribution in [0.15, 0.2) is 6.20 Å². The molecule has 0 fully saturated rings. The van der Waals surface area contributed by atoms with E-state index in [1.807, 2.05) is 11.6 Å². The summed E-state index contributed by atoms with van der Waals surface area (Å²) in [4.78, 5) is 0. The second-order valence-electron chi connectivity index (χ2n) is 3.81. The standard InChI is InChI=1S/C8H16N4/c1-5-12-7(6-9-11-12)10-8(2,3)4/h6,10H,5H2,1-4H3. The molecular weight excluding hydrogens is 152 g/mol. The second kappa shape index (κ2) is 3.13. The minimum Gasteiger partial charge on any atom is -0.364 e. The molecule has 0 saturated carbocycles. The first-order valence-electron chi connectivity index (χ1n) is 4.19. The Morgan fingerprint density at radius 3 is 2.67 bits per heavy atom. The van der Waals surface area contributed by atoms with E-state index in [1.165, 1.54) is 0 Å². The number of aromatic nitrogens is 3. The summed E-state index contributed by atoms with van der Waals surface area (Å²) >= 11 is 0. The van der Waals surface area contributed by atoms with Crippen molar-refractivity contribution in [3.05, 3.63) is 6.20 Å². The van der Waals surface area contributed by atoms with Crippen LogP contribution in [0.2, 0.25) is 0 Å². The van der Waals surface area contributed by atoms with Gasteiger partial charge in [0.2, 0.25) is 0 Å². The van der Waals surface area contributed by atoms with Crippen LogP contribution in [0.3, 0.4) is 0 Å². The predicted octanol–water partition coefficient (Wildman–Crippen LogP) is 1.51. The number of rotatable bonds is 2. The van der Waals surface area contributed by atoms with Gasteiger partial charge in [0, 0.05) is 12.1 Å². The maximum absolute atomic E-state index is 3.92. The molecule has 0 saturated heterocycles. The fourth-order valence-electron chi connectivity index (χ4n) is 0.972. The minimum atomic E-state index is 0.0641. The number of anilines is 1. The van der Waals surface area contributed by atoms with Crippen LogP contribution in [0.25, 0.3) is 0 Å². The Morgan fingerprint density at radius 2 is 2.17 bits per heavy atom. The summed E-state index contributed by atoms with van der Waals surface area (Å²) in [7, 11) is 0. The van der Waals surface area contributed by atoms with Crippen molar-refractivity contribution in [1.82, 2.24) is 15.0 Å². The van der Waals surface area contributed by atoms with E-state index in [1.54, 1.807) is 6.20 Å². The third-order valence-corrected chi connectivity index (χ3v) is 1.42. The summed E-state index contributed by atoms with van der Waals surface area (Å²) in [6, 6.07) is 0. The minimum absolute atomic E-state index is 0.0641. The molecule has 12 heavy (non-hydrogen) atoms. The van der Waals surface area contributed by atoms with E-state index in [2.05, 4.69) is 36.4 Å². The molecule has 0 aromatic carbocycles. The molecule has 1 rings (SSSR count). The van der Waals surface area contributed by atoms with Gasteiger partial charge >= 0.3 is 0 Å². The highest BCUT2D eigenvalue weighted by atomic mass is 15.5. The molecule has 0 bridgehead atoms. The van der Waals surface area contributed by atoms with Crippen molar-refractivity contribution in [3.8, 4) is 0 Å². The number of aryl methyl sites for hydroxylation is 1. The zero-order valence-corrected chi connectivity index (χ0v) is 8.13. The Labute approximate surface area is 73.0 Å². The smallest absolute Gasteiger partial charge is 0.145 e. The summed E-state index contributed by atoms with van der Waals surface area (Å²) in [6.45, 7) is 9.22. The van der Waals surface area contributed by atoms with E-state index in [-0.39, 0.29) is 5.54 Å². The van der Waals surface area contributed by atoms with E-state index in [4.69, 9.17) is 0 Å². The van der Waals surface area contributed by atoms with Gasteiger partial charge in [0.25, 0.3) is 0 Å². The molecule has 0 unspecified atom stereocenters. The largest absolute Gasteiger partial charge is 0.364 e. The first-order valence-corrected chi connectivity index (χ1v) is 4.19. The maximum atomic E-state index is 3.92. The monoisotopic (exact) mass is 168 g/mol. The zero-order chi connectivity index (χ0) is 9.19. The van der Waals surface area contributed by atoms with Gasteiger partial charge in [0.1, 0.15) is 5.82 Å². The quantitative estimate of drug-likeness (QED) is 0.727. The highest BCUT2D eigenvalue weighted by Gasteiger charge is 2.11. The van der Waals surface area contributed by atoms with Crippen LogP contribution in [0.1, 0.15) is 27.7 Å². The lowest BCUT2D eigenvalue weighted by Crippen LogP contribution is -2.27. The molecule has 0 radical (unpaired) electrons. The van der Waals surface area contributed by atoms with Gasteiger partial charge < -0.3 is 5.32 Å². The fourth-order valence-corrected chi connectivity index (χ4v) is 0.972. The number of hydrogen-bond donors (Lipinski definition) is 1. The lowest BCUT2D eigenvalue weighted by Gasteiger charge is -2.21. The Morgan fingerprint density at radius 1 is 1.50 bits per heavy atom. The summed E-state index contributed by atoms with van der Waals surface area (Å²) < 4.78 is 1.84. The molecule has 0 aliphatic heterocycles. The summed E-state index contributed by atoms with van der Waals surface area (Å²) in [6.07, 6.45) is 1.74. The first-order chi connectivity index (χ1) is 5.53. The topological polar surface area (TPSA) is 42.7 Å². The molecule has 4 nitrogen and oxygen atoms in total. The molecule has 0 aliphatic rings. The zero-order valence-electron chi connectivity index (χ0n) is 8.13. The van der Waals surface area contributed by atoms with Gasteiger partial charge in [-0.3, -0.25) is 0 Å². The Balaban J connectivity index is 2.75. The van der Waals surface area contributed by atoms with E-state index in [0.717, 1.165) is 12.4 Å². The number of nitrogens with zero attached hydrogens (tertiary/aromatic N) is 3. The van der Waals surface area contributed by atoms with Gasteiger partial charge in [-0.15, -0.1) is 5.10 Å². The predicted molar refractivity (Wildman–Crippen MR) is 49.1 cm³/mol. The summed E-state index contributed by atoms with van der Waals surface area (Å²) in [5, 5.41) is 11.1. The summed E-state index contributed by atoms with van der Waals surface area (Å²) in [5.41, 5.74) is 0.0641. The van der Waals surface area contributed by atoms with Crippen LogP contribution < -0.4 is 5.32 Å². The fraction of sp³-hybridized carbons (Fsp3) is 0.750. The maximum Gasteiger partial charge on any atom is 0.145 e. The van der Waals surface area contributed by atoms with Crippen LogP contribution in [0.4, 0.5) is 5.82 Å². The SMILES string of the molecule is CCn1nncc1NC(C)(C)C. The molecule has 68 valence electrons. The summed E-state index contributed by atoms with van der Waals surface area (Å²) in [5.74, 6) is 0.977. The molecule has 0 amide bonds. The van der Waals surface area contributed by atoms with Crippen molar-refractivity contribution in [2.75, 3.05) is 5.32 Å². The van der Waals surface area contributed by atoms with Crippen molar-refractivity contribution in [2.45, 2.75) is 39.8 Å². The molecule has 1 heterocycles. The van der Waals surface area contributed by atoms with E-state index in [0.29, 0.717) is 0 Å². The van der Waals surface area contributed by atoms with Crippen molar-refractivity contribution >= 4 is 5.82 Å². The van der Waals surface area contributed by atoms with Gasteiger partial charge in [0.05, 0.1) is 6.20 Å². The molecule has 1 N–H and O–H groups in total. The third kappa shape index (κ3) is 2.22. The van der Waals surface area contributed by atoms with Crippen LogP contribution in [-0.2, 0) is 6.54 Å². The highest BCUT2D eigenvalue weighted by molar-refractivity contribution is 5.33. The molecule has 0 atom stereocenters. The Hall–Kier alpha value is -1.06. The molecule has 0 aliphatic carbocycles. The van der Waals surface area contributed by atoms with Crippen molar-refractivity contribution in [1.29, 1.82) is 0 Å². The van der Waals surface area contributed by atoms with E-state index < -0.39 is 0 Å². The van der Waals surface area contributed by atoms with Crippen LogP contribution in [0, 0.1) is 0 Å². The normalized spacial score (nSPS) is 11.7. The van der Waals surface area contributed by atoms with Crippen LogP contribution in [0.5, 0.6) is 0 Å². The highest BCUT2D eigenvalue weighted by Crippen LogP contribution is 2.11. The lowest BCUT2D eigenvalue weighted by molar-refractivity contribution is 0.589.